The summed E-state index contributed by atoms with van der Waals surface area (Å²) >= 11 is 0. The summed E-state index contributed by atoms with van der Waals surface area (Å²) in [6.45, 7) is 16.3. The maximum atomic E-state index is 5.90. The van der Waals surface area contributed by atoms with E-state index >= 15 is 0 Å². The van der Waals surface area contributed by atoms with E-state index in [0.717, 1.165) is 42.7 Å². The summed E-state index contributed by atoms with van der Waals surface area (Å²) in [5.41, 5.74) is 4.40. The van der Waals surface area contributed by atoms with Gasteiger partial charge in [-0.3, -0.25) is 9.89 Å². The summed E-state index contributed by atoms with van der Waals surface area (Å²) in [4.78, 5) is 6.94. The standard InChI is InChI=1S/C24H38N6O.HI/c1-17-12-18(2)30(28-17)22-11-9-8-10-21(22)13-26-23(25-7)27-16-24(5,6)29-14-19(3)31-20(4)15-29;/h8-12,19-20H,13-16H2,1-7H3,(H2,25,26,27);1H. The van der Waals surface area contributed by atoms with Crippen molar-refractivity contribution in [1.82, 2.24) is 25.3 Å². The smallest absolute Gasteiger partial charge is 0.191 e. The topological polar surface area (TPSA) is 66.7 Å². The Labute approximate surface area is 210 Å². The predicted octanol–water partition coefficient (Wildman–Crippen LogP) is 3.66. The number of rotatable bonds is 6. The monoisotopic (exact) mass is 554 g/mol. The van der Waals surface area contributed by atoms with Gasteiger partial charge in [-0.15, -0.1) is 24.0 Å². The number of nitrogens with one attached hydrogen (secondary N) is 2. The molecule has 3 rings (SSSR count). The third kappa shape index (κ3) is 6.68. The van der Waals surface area contributed by atoms with Gasteiger partial charge >= 0.3 is 0 Å². The van der Waals surface area contributed by atoms with Crippen LogP contribution in [0.5, 0.6) is 0 Å². The van der Waals surface area contributed by atoms with Gasteiger partial charge in [-0.05, 0) is 59.2 Å². The van der Waals surface area contributed by atoms with Crippen molar-refractivity contribution in [2.24, 2.45) is 4.99 Å². The fraction of sp³-hybridized carbons (Fsp3) is 0.583. The van der Waals surface area contributed by atoms with Crippen LogP contribution < -0.4 is 10.6 Å². The third-order valence-corrected chi connectivity index (χ3v) is 5.86. The first-order valence-electron chi connectivity index (χ1n) is 11.2. The van der Waals surface area contributed by atoms with Crippen LogP contribution in [0.15, 0.2) is 35.3 Å². The van der Waals surface area contributed by atoms with Crippen LogP contribution in [-0.2, 0) is 11.3 Å². The Morgan fingerprint density at radius 3 is 2.41 bits per heavy atom. The summed E-state index contributed by atoms with van der Waals surface area (Å²) in [5, 5.41) is 11.6. The maximum absolute atomic E-state index is 5.90. The lowest BCUT2D eigenvalue weighted by Gasteiger charge is -2.45. The fourth-order valence-electron chi connectivity index (χ4n) is 4.22. The molecule has 2 heterocycles. The zero-order valence-corrected chi connectivity index (χ0v) is 22.8. The molecule has 32 heavy (non-hydrogen) atoms. The number of para-hydroxylation sites is 1. The molecule has 0 aliphatic carbocycles. The summed E-state index contributed by atoms with van der Waals surface area (Å²) < 4.78 is 7.90. The number of ether oxygens (including phenoxy) is 1. The number of morpholine rings is 1. The minimum atomic E-state index is -0.00841. The van der Waals surface area contributed by atoms with E-state index in [1.165, 1.54) is 5.56 Å². The number of halogens is 1. The average molecular weight is 555 g/mol. The highest BCUT2D eigenvalue weighted by Crippen LogP contribution is 2.21. The Morgan fingerprint density at radius 2 is 1.81 bits per heavy atom. The quantitative estimate of drug-likeness (QED) is 0.324. The fourth-order valence-corrected chi connectivity index (χ4v) is 4.22. The van der Waals surface area contributed by atoms with E-state index in [1.54, 1.807) is 0 Å². The van der Waals surface area contributed by atoms with E-state index in [2.05, 4.69) is 90.6 Å². The van der Waals surface area contributed by atoms with Gasteiger partial charge < -0.3 is 15.4 Å². The Kier molecular flexibility index (Phi) is 9.53. The van der Waals surface area contributed by atoms with Crippen molar-refractivity contribution < 1.29 is 4.74 Å². The molecule has 2 N–H and O–H groups in total. The van der Waals surface area contributed by atoms with Crippen molar-refractivity contribution in [2.45, 2.75) is 65.8 Å². The lowest BCUT2D eigenvalue weighted by atomic mass is 10.00. The molecule has 1 saturated heterocycles. The van der Waals surface area contributed by atoms with Gasteiger partial charge in [-0.1, -0.05) is 18.2 Å². The lowest BCUT2D eigenvalue weighted by Crippen LogP contribution is -2.59. The van der Waals surface area contributed by atoms with Crippen LogP contribution in [0.4, 0.5) is 0 Å². The van der Waals surface area contributed by atoms with Crippen molar-refractivity contribution >= 4 is 29.9 Å². The van der Waals surface area contributed by atoms with Crippen LogP contribution >= 0.6 is 24.0 Å². The first-order valence-corrected chi connectivity index (χ1v) is 11.2. The third-order valence-electron chi connectivity index (χ3n) is 5.86. The SMILES string of the molecule is CN=C(NCc1ccccc1-n1nc(C)cc1C)NCC(C)(C)N1CC(C)OC(C)C1.I. The molecular formula is C24H39IN6O. The van der Waals surface area contributed by atoms with Gasteiger partial charge in [-0.25, -0.2) is 4.68 Å². The Balaban J connectivity index is 0.00000363. The number of hydrogen-bond acceptors (Lipinski definition) is 4. The molecule has 1 fully saturated rings. The first-order chi connectivity index (χ1) is 14.7. The van der Waals surface area contributed by atoms with Crippen molar-refractivity contribution in [1.29, 1.82) is 0 Å². The molecule has 7 nitrogen and oxygen atoms in total. The van der Waals surface area contributed by atoms with Gasteiger partial charge in [-0.2, -0.15) is 5.10 Å². The molecule has 0 spiro atoms. The van der Waals surface area contributed by atoms with Gasteiger partial charge in [0.2, 0.25) is 0 Å². The van der Waals surface area contributed by atoms with E-state index < -0.39 is 0 Å². The number of nitrogens with zero attached hydrogens (tertiary/aromatic N) is 4. The molecule has 0 bridgehead atoms. The van der Waals surface area contributed by atoms with Crippen LogP contribution in [0.2, 0.25) is 0 Å². The van der Waals surface area contributed by atoms with Crippen LogP contribution in [-0.4, -0.2) is 65.1 Å². The molecule has 2 atom stereocenters. The molecule has 2 aromatic rings. The summed E-state index contributed by atoms with van der Waals surface area (Å²) in [6, 6.07) is 10.4. The second kappa shape index (κ2) is 11.5. The summed E-state index contributed by atoms with van der Waals surface area (Å²) in [7, 11) is 1.81. The number of aliphatic imine (C=N–C) groups is 1. The highest BCUT2D eigenvalue weighted by molar-refractivity contribution is 14.0. The minimum Gasteiger partial charge on any atom is -0.373 e. The zero-order valence-electron chi connectivity index (χ0n) is 20.5. The van der Waals surface area contributed by atoms with Crippen molar-refractivity contribution in [3.05, 3.63) is 47.3 Å². The molecule has 0 amide bonds. The molecule has 1 aromatic carbocycles. The summed E-state index contributed by atoms with van der Waals surface area (Å²) in [6.07, 6.45) is 0.512. The van der Waals surface area contributed by atoms with Crippen LogP contribution in [0.3, 0.4) is 0 Å². The highest BCUT2D eigenvalue weighted by Gasteiger charge is 2.33. The van der Waals surface area contributed by atoms with Crippen molar-refractivity contribution in [3.63, 3.8) is 0 Å². The molecule has 1 aromatic heterocycles. The van der Waals surface area contributed by atoms with Crippen molar-refractivity contribution in [2.75, 3.05) is 26.7 Å². The second-order valence-electron chi connectivity index (χ2n) is 9.22. The van der Waals surface area contributed by atoms with E-state index in [9.17, 15) is 0 Å². The molecule has 8 heteroatoms. The van der Waals surface area contributed by atoms with E-state index in [-0.39, 0.29) is 41.7 Å². The van der Waals surface area contributed by atoms with Crippen LogP contribution in [0, 0.1) is 13.8 Å². The highest BCUT2D eigenvalue weighted by atomic mass is 127. The number of benzene rings is 1. The van der Waals surface area contributed by atoms with Gasteiger partial charge in [0.25, 0.3) is 0 Å². The van der Waals surface area contributed by atoms with Gasteiger partial charge in [0.05, 0.1) is 23.6 Å². The Hall–Kier alpha value is -1.65. The molecule has 0 radical (unpaired) electrons. The summed E-state index contributed by atoms with van der Waals surface area (Å²) in [5.74, 6) is 0.797. The zero-order chi connectivity index (χ0) is 22.6. The minimum absolute atomic E-state index is 0. The van der Waals surface area contributed by atoms with E-state index in [4.69, 9.17) is 4.74 Å². The van der Waals surface area contributed by atoms with E-state index in [0.29, 0.717) is 6.54 Å². The number of aromatic nitrogens is 2. The average Bonchev–Trinajstić information content (AvgIpc) is 3.05. The van der Waals surface area contributed by atoms with Gasteiger partial charge in [0.15, 0.2) is 5.96 Å². The first kappa shape index (κ1) is 26.6. The molecule has 178 valence electrons. The largest absolute Gasteiger partial charge is 0.373 e. The van der Waals surface area contributed by atoms with Gasteiger partial charge in [0.1, 0.15) is 0 Å². The van der Waals surface area contributed by atoms with E-state index in [1.807, 2.05) is 18.7 Å². The Morgan fingerprint density at radius 1 is 1.16 bits per heavy atom. The maximum Gasteiger partial charge on any atom is 0.191 e. The van der Waals surface area contributed by atoms with Gasteiger partial charge in [0, 0.05) is 44.5 Å². The molecule has 1 aliphatic heterocycles. The molecule has 1 aliphatic rings. The number of guanidine groups is 1. The molecule has 2 unspecified atom stereocenters. The molecule has 0 saturated carbocycles. The number of aryl methyl sites for hydroxylation is 2. The molecular weight excluding hydrogens is 515 g/mol. The second-order valence-corrected chi connectivity index (χ2v) is 9.22. The predicted molar refractivity (Wildman–Crippen MR) is 142 cm³/mol. The number of hydrogen-bond donors (Lipinski definition) is 2. The van der Waals surface area contributed by atoms with Crippen LogP contribution in [0.1, 0.15) is 44.6 Å². The Bertz CT molecular complexity index is 900. The van der Waals surface area contributed by atoms with Crippen molar-refractivity contribution in [3.8, 4) is 5.69 Å². The lowest BCUT2D eigenvalue weighted by molar-refractivity contribution is -0.0946. The normalized spacial score (nSPS) is 20.0. The van der Waals surface area contributed by atoms with Crippen LogP contribution in [0.25, 0.3) is 5.69 Å².